The van der Waals surface area contributed by atoms with Crippen molar-refractivity contribution in [3.05, 3.63) is 116 Å². The number of benzene rings is 3. The first kappa shape index (κ1) is 32.1. The quantitative estimate of drug-likeness (QED) is 0.186. The molecule has 0 unspecified atom stereocenters. The summed E-state index contributed by atoms with van der Waals surface area (Å²) < 4.78 is 35.8. The second-order valence-electron chi connectivity index (χ2n) is 9.36. The van der Waals surface area contributed by atoms with E-state index in [4.69, 9.17) is 26.6 Å². The van der Waals surface area contributed by atoms with Crippen LogP contribution >= 0.6 is 0 Å². The Balaban J connectivity index is 0.000000309. The van der Waals surface area contributed by atoms with Crippen LogP contribution in [-0.2, 0) is 13.3 Å². The molecule has 0 aliphatic heterocycles. The van der Waals surface area contributed by atoms with Gasteiger partial charge in [-0.15, -0.1) is 0 Å². The Kier molecular flexibility index (Phi) is 13.2. The first-order valence-corrected chi connectivity index (χ1v) is 16.7. The minimum Gasteiger partial charge on any atom is -0.480 e. The molecule has 0 amide bonds. The molecular formula is C31H42O6Si2. The average Bonchev–Trinajstić information content (AvgIpc) is 2.89. The number of hydrogen-bond donors (Lipinski definition) is 0. The van der Waals surface area contributed by atoms with Gasteiger partial charge in [0.15, 0.2) is 0 Å². The topological polar surface area (TPSA) is 55.4 Å². The summed E-state index contributed by atoms with van der Waals surface area (Å²) in [6, 6.07) is 28.4. The summed E-state index contributed by atoms with van der Waals surface area (Å²) in [5.41, 5.74) is 3.34. The van der Waals surface area contributed by atoms with E-state index >= 15 is 0 Å². The van der Waals surface area contributed by atoms with Crippen LogP contribution in [0.3, 0.4) is 0 Å². The van der Waals surface area contributed by atoms with Crippen molar-refractivity contribution in [1.29, 1.82) is 0 Å². The van der Waals surface area contributed by atoms with Crippen molar-refractivity contribution in [2.75, 3.05) is 0 Å². The van der Waals surface area contributed by atoms with E-state index in [1.54, 1.807) is 11.4 Å². The smallest absolute Gasteiger partial charge is 0.480 e. The van der Waals surface area contributed by atoms with Gasteiger partial charge in [-0.1, -0.05) is 67.8 Å². The van der Waals surface area contributed by atoms with Crippen molar-refractivity contribution < 1.29 is 26.6 Å². The van der Waals surface area contributed by atoms with Crippen molar-refractivity contribution in [2.45, 2.75) is 59.9 Å². The van der Waals surface area contributed by atoms with Gasteiger partial charge in [0, 0.05) is 24.0 Å². The molecular weight excluding hydrogens is 525 g/mol. The van der Waals surface area contributed by atoms with E-state index < -0.39 is 17.6 Å². The molecule has 0 atom stereocenters. The summed E-state index contributed by atoms with van der Waals surface area (Å²) in [5.74, 6) is 2.03. The van der Waals surface area contributed by atoms with Gasteiger partial charge in [0.25, 0.3) is 0 Å². The van der Waals surface area contributed by atoms with Gasteiger partial charge in [-0.05, 0) is 83.6 Å². The predicted octanol–water partition coefficient (Wildman–Crippen LogP) is 7.81. The zero-order valence-corrected chi connectivity index (χ0v) is 25.9. The van der Waals surface area contributed by atoms with Crippen LogP contribution in [0.25, 0.3) is 0 Å². The molecule has 0 aromatic heterocycles. The molecule has 3 aromatic carbocycles. The monoisotopic (exact) mass is 566 g/mol. The Morgan fingerprint density at radius 2 is 0.718 bits per heavy atom. The van der Waals surface area contributed by atoms with Gasteiger partial charge < -0.3 is 26.6 Å². The number of hydrogen-bond acceptors (Lipinski definition) is 6. The lowest BCUT2D eigenvalue weighted by Gasteiger charge is -2.31. The highest BCUT2D eigenvalue weighted by Crippen LogP contribution is 2.24. The zero-order chi connectivity index (χ0) is 28.7. The average molecular weight is 567 g/mol. The molecule has 8 heteroatoms. The first-order valence-electron chi connectivity index (χ1n) is 13.1. The lowest BCUT2D eigenvalue weighted by molar-refractivity contribution is 0.0140. The maximum Gasteiger partial charge on any atom is 0.728 e. The lowest BCUT2D eigenvalue weighted by atomic mass is 10.3. The SMILES string of the molecule is C=C[Si](OC(C)C)(OC(C)C)OC(C)C.C=C[Si](Oc1ccccc1)(Oc1ccccc1)Oc1ccccc1. The molecule has 0 aliphatic rings. The van der Waals surface area contributed by atoms with Crippen molar-refractivity contribution in [1.82, 2.24) is 0 Å². The van der Waals surface area contributed by atoms with Gasteiger partial charge in [-0.3, -0.25) is 0 Å². The van der Waals surface area contributed by atoms with Crippen LogP contribution in [0.4, 0.5) is 0 Å². The van der Waals surface area contributed by atoms with Crippen LogP contribution in [-0.4, -0.2) is 35.9 Å². The van der Waals surface area contributed by atoms with Crippen LogP contribution in [0.15, 0.2) is 116 Å². The van der Waals surface area contributed by atoms with Crippen molar-refractivity contribution in [3.8, 4) is 17.2 Å². The number of para-hydroxylation sites is 3. The molecule has 0 heterocycles. The summed E-state index contributed by atoms with van der Waals surface area (Å²) in [6.45, 7) is 19.5. The first-order chi connectivity index (χ1) is 18.6. The molecule has 0 bridgehead atoms. The summed E-state index contributed by atoms with van der Waals surface area (Å²) in [4.78, 5) is 0. The molecule has 3 aromatic rings. The Hall–Kier alpha value is -3.15. The van der Waals surface area contributed by atoms with Crippen molar-refractivity contribution in [2.24, 2.45) is 0 Å². The summed E-state index contributed by atoms with van der Waals surface area (Å²) >= 11 is 0. The van der Waals surface area contributed by atoms with Crippen molar-refractivity contribution in [3.63, 3.8) is 0 Å². The van der Waals surface area contributed by atoms with Gasteiger partial charge in [0.05, 0.1) is 0 Å². The highest BCUT2D eigenvalue weighted by molar-refractivity contribution is 6.68. The molecule has 0 radical (unpaired) electrons. The van der Waals surface area contributed by atoms with Gasteiger partial charge in [0.1, 0.15) is 17.2 Å². The fraction of sp³-hybridized carbons (Fsp3) is 0.290. The molecule has 0 N–H and O–H groups in total. The molecule has 3 rings (SSSR count). The van der Waals surface area contributed by atoms with Gasteiger partial charge in [-0.2, -0.15) is 0 Å². The molecule has 6 nitrogen and oxygen atoms in total. The summed E-state index contributed by atoms with van der Waals surface area (Å²) in [6.07, 6.45) is 0.228. The van der Waals surface area contributed by atoms with E-state index in [2.05, 4.69) is 13.2 Å². The fourth-order valence-electron chi connectivity index (χ4n) is 3.36. The lowest BCUT2D eigenvalue weighted by Crippen LogP contribution is -2.53. The molecule has 0 aliphatic carbocycles. The third kappa shape index (κ3) is 11.6. The molecule has 0 fully saturated rings. The molecule has 0 saturated heterocycles. The molecule has 210 valence electrons. The van der Waals surface area contributed by atoms with Crippen LogP contribution in [0, 0.1) is 0 Å². The minimum absolute atomic E-state index is 0.0761. The maximum absolute atomic E-state index is 6.14. The Bertz CT molecular complexity index is 964. The summed E-state index contributed by atoms with van der Waals surface area (Å²) in [5, 5.41) is 0. The van der Waals surface area contributed by atoms with Crippen LogP contribution in [0.5, 0.6) is 17.2 Å². The number of rotatable bonds is 14. The Morgan fingerprint density at radius 3 is 0.923 bits per heavy atom. The van der Waals surface area contributed by atoms with E-state index in [0.29, 0.717) is 17.2 Å². The highest BCUT2D eigenvalue weighted by atomic mass is 28.4. The highest BCUT2D eigenvalue weighted by Gasteiger charge is 2.46. The van der Waals surface area contributed by atoms with Gasteiger partial charge in [0.2, 0.25) is 0 Å². The maximum atomic E-state index is 6.14. The fourth-order valence-corrected chi connectivity index (χ4v) is 7.55. The second kappa shape index (κ2) is 16.1. The third-order valence-electron chi connectivity index (χ3n) is 4.71. The Morgan fingerprint density at radius 1 is 0.462 bits per heavy atom. The minimum atomic E-state index is -3.23. The van der Waals surface area contributed by atoms with E-state index in [-0.39, 0.29) is 18.3 Å². The van der Waals surface area contributed by atoms with Crippen molar-refractivity contribution >= 4 is 17.6 Å². The van der Waals surface area contributed by atoms with Crippen LogP contribution in [0.2, 0.25) is 0 Å². The van der Waals surface area contributed by atoms with E-state index in [1.807, 2.05) is 133 Å². The zero-order valence-electron chi connectivity index (χ0n) is 23.9. The largest absolute Gasteiger partial charge is 0.728 e. The van der Waals surface area contributed by atoms with Crippen LogP contribution in [0.1, 0.15) is 41.5 Å². The van der Waals surface area contributed by atoms with E-state index in [0.717, 1.165) is 0 Å². The van der Waals surface area contributed by atoms with E-state index in [1.165, 1.54) is 0 Å². The third-order valence-corrected chi connectivity index (χ3v) is 9.67. The van der Waals surface area contributed by atoms with Crippen LogP contribution < -0.4 is 13.3 Å². The van der Waals surface area contributed by atoms with Gasteiger partial charge in [-0.25, -0.2) is 0 Å². The second-order valence-corrected chi connectivity index (χ2v) is 13.9. The normalized spacial score (nSPS) is 11.5. The Labute approximate surface area is 236 Å². The van der Waals surface area contributed by atoms with Gasteiger partial charge >= 0.3 is 17.6 Å². The van der Waals surface area contributed by atoms with E-state index in [9.17, 15) is 0 Å². The predicted molar refractivity (Wildman–Crippen MR) is 162 cm³/mol. The molecule has 0 saturated carbocycles. The molecule has 0 spiro atoms. The standard InChI is InChI=1S/C20H18O3Si.C11H24O3Si/c1-2-24(21-18-12-6-3-7-13-18,22-19-14-8-4-9-15-19)23-20-16-10-5-11-17-20;1-8-15(12-9(2)3,13-10(4)5)14-11(6)7/h2-17H,1H2;8-11H,1H2,2-7H3. The summed E-state index contributed by atoms with van der Waals surface area (Å²) in [7, 11) is -5.92. The molecule has 39 heavy (non-hydrogen) atoms.